The highest BCUT2D eigenvalue weighted by Gasteiger charge is 2.31. The summed E-state index contributed by atoms with van der Waals surface area (Å²) in [6.07, 6.45) is 9.49. The first-order valence-corrected chi connectivity index (χ1v) is 19.1. The minimum Gasteiger partial charge on any atom is -0.484 e. The molecule has 52 heavy (non-hydrogen) atoms. The van der Waals surface area contributed by atoms with E-state index in [-0.39, 0.29) is 23.6 Å². The van der Waals surface area contributed by atoms with Crippen LogP contribution in [0, 0.1) is 0 Å². The summed E-state index contributed by atoms with van der Waals surface area (Å²) in [5.74, 6) is 2.29. The summed E-state index contributed by atoms with van der Waals surface area (Å²) in [6, 6.07) is 22.8. The van der Waals surface area contributed by atoms with Crippen molar-refractivity contribution in [3.8, 4) is 11.4 Å². The Morgan fingerprint density at radius 3 is 2.42 bits per heavy atom. The summed E-state index contributed by atoms with van der Waals surface area (Å²) < 4.78 is 10.6. The number of amides is 2. The largest absolute Gasteiger partial charge is 0.484 e. The molecule has 11 heteroatoms. The molecule has 1 unspecified atom stereocenters. The number of pyridine rings is 1. The minimum atomic E-state index is -0.260. The van der Waals surface area contributed by atoms with E-state index in [1.54, 1.807) is 0 Å². The number of hydrogen-bond acceptors (Lipinski definition) is 7. The second kappa shape index (κ2) is 14.3. The van der Waals surface area contributed by atoms with Crippen molar-refractivity contribution >= 4 is 23.4 Å². The zero-order chi connectivity index (χ0) is 35.8. The topological polar surface area (TPSA) is 105 Å². The van der Waals surface area contributed by atoms with Crippen LogP contribution >= 0.6 is 0 Å². The van der Waals surface area contributed by atoms with Gasteiger partial charge < -0.3 is 15.0 Å². The number of fused-ring (bicyclic) bond motifs is 2. The molecule has 3 aromatic heterocycles. The highest BCUT2D eigenvalue weighted by molar-refractivity contribution is 5.89. The first-order chi connectivity index (χ1) is 25.2. The van der Waals surface area contributed by atoms with Crippen LogP contribution in [0.15, 0.2) is 72.9 Å². The number of carbonyl (C=O) groups excluding carboxylic acids is 1. The van der Waals surface area contributed by atoms with E-state index in [1.165, 1.54) is 24.8 Å². The standard InChI is InChI=1S/C41H51N9O2/c1-28-11-7-8-24-48(28)40-45-44-37-21-18-31(27-49(37)40)52-35-20-19-34(32-12-5-6-13-33(32)35)42-39(51)43-38-25-36(41(2,3)4)46-50(38)30-16-14-29(15-17-30)26-47-22-9-10-23-47/h5-6,12-18,21,25,27-28,34-35H,7-11,19-20,22-24,26H2,1-4H3,(H2,42,43,51)/t28-,34?,35+/m0/s1. The molecular weight excluding hydrogens is 651 g/mol. The summed E-state index contributed by atoms with van der Waals surface area (Å²) in [4.78, 5) is 18.6. The number of ether oxygens (including phenoxy) is 1. The Kier molecular flexibility index (Phi) is 9.38. The van der Waals surface area contributed by atoms with Crippen molar-refractivity contribution in [2.45, 2.75) is 103 Å². The Hall–Kier alpha value is -4.90. The van der Waals surface area contributed by atoms with Crippen molar-refractivity contribution in [3.05, 3.63) is 95.3 Å². The number of benzene rings is 2. The summed E-state index contributed by atoms with van der Waals surface area (Å²) in [5.41, 5.74) is 5.90. The van der Waals surface area contributed by atoms with Gasteiger partial charge in [-0.3, -0.25) is 14.6 Å². The van der Waals surface area contributed by atoms with Gasteiger partial charge in [0, 0.05) is 30.6 Å². The van der Waals surface area contributed by atoms with Gasteiger partial charge in [-0.1, -0.05) is 57.2 Å². The normalized spacial score (nSPS) is 20.9. The van der Waals surface area contributed by atoms with Crippen molar-refractivity contribution in [1.29, 1.82) is 0 Å². The molecule has 2 aliphatic heterocycles. The quantitative estimate of drug-likeness (QED) is 0.169. The minimum absolute atomic E-state index is 0.146. The van der Waals surface area contributed by atoms with E-state index in [2.05, 4.69) is 99.1 Å². The predicted molar refractivity (Wildman–Crippen MR) is 204 cm³/mol. The van der Waals surface area contributed by atoms with E-state index in [9.17, 15) is 4.79 Å². The molecule has 2 fully saturated rings. The summed E-state index contributed by atoms with van der Waals surface area (Å²) >= 11 is 0. The van der Waals surface area contributed by atoms with Gasteiger partial charge >= 0.3 is 6.03 Å². The number of urea groups is 1. The average molecular weight is 702 g/mol. The maximum Gasteiger partial charge on any atom is 0.320 e. The number of rotatable bonds is 8. The molecule has 3 atom stereocenters. The van der Waals surface area contributed by atoms with Gasteiger partial charge in [0.2, 0.25) is 5.95 Å². The monoisotopic (exact) mass is 701 g/mol. The van der Waals surface area contributed by atoms with Crippen LogP contribution in [0.3, 0.4) is 0 Å². The van der Waals surface area contributed by atoms with Crippen molar-refractivity contribution in [2.24, 2.45) is 0 Å². The smallest absolute Gasteiger partial charge is 0.320 e. The molecule has 0 saturated carbocycles. The fraction of sp³-hybridized carbons (Fsp3) is 0.463. The van der Waals surface area contributed by atoms with Gasteiger partial charge in [-0.25, -0.2) is 9.48 Å². The molecule has 2 aromatic carbocycles. The van der Waals surface area contributed by atoms with Crippen molar-refractivity contribution in [1.82, 2.24) is 34.6 Å². The summed E-state index contributed by atoms with van der Waals surface area (Å²) in [7, 11) is 0. The number of likely N-dealkylation sites (tertiary alicyclic amines) is 1. The first kappa shape index (κ1) is 34.2. The number of carbonyl (C=O) groups is 1. The zero-order valence-corrected chi connectivity index (χ0v) is 30.9. The van der Waals surface area contributed by atoms with Gasteiger partial charge in [0.1, 0.15) is 17.7 Å². The maximum absolute atomic E-state index is 13.7. The lowest BCUT2D eigenvalue weighted by molar-refractivity contribution is 0.171. The third-order valence-corrected chi connectivity index (χ3v) is 10.9. The number of nitrogens with one attached hydrogen (secondary N) is 2. The van der Waals surface area contributed by atoms with Crippen molar-refractivity contribution < 1.29 is 9.53 Å². The van der Waals surface area contributed by atoms with Crippen LogP contribution in [-0.4, -0.2) is 61.0 Å². The lowest BCUT2D eigenvalue weighted by Gasteiger charge is -2.33. The molecule has 5 aromatic rings. The number of piperidine rings is 1. The third-order valence-electron chi connectivity index (χ3n) is 10.9. The molecule has 272 valence electrons. The Morgan fingerprint density at radius 1 is 0.885 bits per heavy atom. The number of nitrogens with zero attached hydrogens (tertiary/aromatic N) is 7. The second-order valence-corrected chi connectivity index (χ2v) is 15.8. The lowest BCUT2D eigenvalue weighted by atomic mass is 9.85. The Morgan fingerprint density at radius 2 is 1.65 bits per heavy atom. The van der Waals surface area contributed by atoms with Crippen LogP contribution in [-0.2, 0) is 12.0 Å². The lowest BCUT2D eigenvalue weighted by Crippen LogP contribution is -2.38. The van der Waals surface area contributed by atoms with Crippen LogP contribution in [0.2, 0.25) is 0 Å². The zero-order valence-electron chi connectivity index (χ0n) is 30.9. The molecule has 1 aliphatic carbocycles. The Balaban J connectivity index is 0.977. The second-order valence-electron chi connectivity index (χ2n) is 15.8. The molecule has 11 nitrogen and oxygen atoms in total. The van der Waals surface area contributed by atoms with Crippen LogP contribution in [0.1, 0.15) is 107 Å². The number of anilines is 2. The molecule has 2 saturated heterocycles. The molecule has 3 aliphatic rings. The molecular formula is C41H51N9O2. The molecule has 2 N–H and O–H groups in total. The molecule has 5 heterocycles. The fourth-order valence-electron chi connectivity index (χ4n) is 7.99. The molecule has 8 rings (SSSR count). The molecule has 0 bridgehead atoms. The van der Waals surface area contributed by atoms with E-state index in [1.807, 2.05) is 41.2 Å². The summed E-state index contributed by atoms with van der Waals surface area (Å²) in [5, 5.41) is 20.4. The van der Waals surface area contributed by atoms with Gasteiger partial charge in [0.25, 0.3) is 0 Å². The van der Waals surface area contributed by atoms with Crippen molar-refractivity contribution in [2.75, 3.05) is 29.9 Å². The average Bonchev–Trinajstić information content (AvgIpc) is 3.91. The van der Waals surface area contributed by atoms with Crippen LogP contribution in [0.5, 0.6) is 5.75 Å². The SMILES string of the molecule is C[C@H]1CCCCN1c1nnc2ccc(O[C@@H]3CCC(NC(=O)Nc4cc(C(C)(C)C)nn4-c4ccc(CN5CCCC5)cc4)c4ccccc43)cn12. The first-order valence-electron chi connectivity index (χ1n) is 19.1. The van der Waals surface area contributed by atoms with Gasteiger partial charge in [-0.2, -0.15) is 5.10 Å². The summed E-state index contributed by atoms with van der Waals surface area (Å²) in [6.45, 7) is 12.9. The number of aromatic nitrogens is 5. The van der Waals surface area contributed by atoms with Crippen LogP contribution in [0.25, 0.3) is 11.3 Å². The highest BCUT2D eigenvalue weighted by atomic mass is 16.5. The van der Waals surface area contributed by atoms with Crippen LogP contribution in [0.4, 0.5) is 16.6 Å². The van der Waals surface area contributed by atoms with E-state index in [4.69, 9.17) is 9.84 Å². The van der Waals surface area contributed by atoms with Crippen molar-refractivity contribution in [3.63, 3.8) is 0 Å². The Bertz CT molecular complexity index is 2020. The molecule has 0 spiro atoms. The van der Waals surface area contributed by atoms with E-state index in [0.29, 0.717) is 11.9 Å². The van der Waals surface area contributed by atoms with Gasteiger partial charge in [0.15, 0.2) is 5.65 Å². The van der Waals surface area contributed by atoms with Crippen LogP contribution < -0.4 is 20.3 Å². The van der Waals surface area contributed by atoms with E-state index < -0.39 is 0 Å². The van der Waals surface area contributed by atoms with E-state index >= 15 is 0 Å². The fourth-order valence-corrected chi connectivity index (χ4v) is 7.99. The maximum atomic E-state index is 13.7. The van der Waals surface area contributed by atoms with Gasteiger partial charge in [-0.15, -0.1) is 10.2 Å². The predicted octanol–water partition coefficient (Wildman–Crippen LogP) is 7.96. The number of hydrogen-bond donors (Lipinski definition) is 2. The van der Waals surface area contributed by atoms with Gasteiger partial charge in [0.05, 0.1) is 23.6 Å². The van der Waals surface area contributed by atoms with Gasteiger partial charge in [-0.05, 0) is 106 Å². The Labute approximate surface area is 306 Å². The highest BCUT2D eigenvalue weighted by Crippen LogP contribution is 2.39. The molecule has 2 amide bonds. The van der Waals surface area contributed by atoms with E-state index in [0.717, 1.165) is 91.7 Å². The molecule has 0 radical (unpaired) electrons. The third kappa shape index (κ3) is 7.11.